The van der Waals surface area contributed by atoms with E-state index < -0.39 is 0 Å². The van der Waals surface area contributed by atoms with Crippen molar-refractivity contribution in [2.24, 2.45) is 0 Å². The van der Waals surface area contributed by atoms with E-state index in [1.807, 2.05) is 12.1 Å². The van der Waals surface area contributed by atoms with Gasteiger partial charge in [-0.3, -0.25) is 0 Å². The van der Waals surface area contributed by atoms with E-state index in [0.717, 1.165) is 5.82 Å². The number of hydrogen-bond donors (Lipinski definition) is 2. The zero-order chi connectivity index (χ0) is 11.5. The van der Waals surface area contributed by atoms with Gasteiger partial charge in [-0.15, -0.1) is 0 Å². The quantitative estimate of drug-likeness (QED) is 0.802. The van der Waals surface area contributed by atoms with Gasteiger partial charge in [0, 0.05) is 12.1 Å². The molecular formula is C12H20N4. The highest BCUT2D eigenvalue weighted by Crippen LogP contribution is 2.22. The number of nitrogens with one attached hydrogen (secondary N) is 1. The van der Waals surface area contributed by atoms with Crippen molar-refractivity contribution in [2.75, 3.05) is 11.2 Å². The van der Waals surface area contributed by atoms with E-state index in [1.54, 1.807) is 6.07 Å². The number of nitrogens with zero attached hydrogens (tertiary/aromatic N) is 2. The predicted molar refractivity (Wildman–Crippen MR) is 66.9 cm³/mol. The Balaban J connectivity index is 2.07. The maximum absolute atomic E-state index is 5.66. The van der Waals surface area contributed by atoms with Crippen LogP contribution in [0.4, 0.5) is 11.6 Å². The van der Waals surface area contributed by atoms with Gasteiger partial charge in [0.1, 0.15) is 11.6 Å². The second-order valence-electron chi connectivity index (χ2n) is 4.60. The summed E-state index contributed by atoms with van der Waals surface area (Å²) in [6.45, 7) is 4.49. The van der Waals surface area contributed by atoms with Crippen LogP contribution in [0.15, 0.2) is 18.2 Å². The molecule has 2 rings (SSSR count). The largest absolute Gasteiger partial charge is 0.384 e. The number of hydrazine groups is 1. The molecule has 4 heteroatoms. The van der Waals surface area contributed by atoms with Gasteiger partial charge in [-0.25, -0.2) is 9.99 Å². The molecule has 2 unspecified atom stereocenters. The SMILES string of the molecule is CC1CCCC(C)N1Nc1cccc(N)n1. The molecule has 3 N–H and O–H groups in total. The molecule has 2 heterocycles. The lowest BCUT2D eigenvalue weighted by atomic mass is 10.00. The van der Waals surface area contributed by atoms with Crippen molar-refractivity contribution in [1.29, 1.82) is 0 Å². The molecule has 88 valence electrons. The summed E-state index contributed by atoms with van der Waals surface area (Å²) in [7, 11) is 0. The third-order valence-corrected chi connectivity index (χ3v) is 3.21. The lowest BCUT2D eigenvalue weighted by Gasteiger charge is -2.39. The molecule has 2 atom stereocenters. The molecule has 0 radical (unpaired) electrons. The van der Waals surface area contributed by atoms with Gasteiger partial charge in [0.05, 0.1) is 0 Å². The zero-order valence-corrected chi connectivity index (χ0v) is 9.98. The minimum Gasteiger partial charge on any atom is -0.384 e. The Morgan fingerprint density at radius 2 is 2.00 bits per heavy atom. The molecule has 1 aromatic heterocycles. The first-order valence-electron chi connectivity index (χ1n) is 5.94. The maximum Gasteiger partial charge on any atom is 0.142 e. The van der Waals surface area contributed by atoms with Gasteiger partial charge in [-0.1, -0.05) is 12.5 Å². The van der Waals surface area contributed by atoms with Gasteiger partial charge < -0.3 is 11.2 Å². The van der Waals surface area contributed by atoms with Crippen LogP contribution >= 0.6 is 0 Å². The smallest absolute Gasteiger partial charge is 0.142 e. The second kappa shape index (κ2) is 4.70. The van der Waals surface area contributed by atoms with E-state index in [1.165, 1.54) is 19.3 Å². The number of rotatable bonds is 2. The van der Waals surface area contributed by atoms with Crippen LogP contribution in [-0.2, 0) is 0 Å². The number of anilines is 2. The Kier molecular flexibility index (Phi) is 3.29. The second-order valence-corrected chi connectivity index (χ2v) is 4.60. The molecule has 1 aliphatic rings. The Morgan fingerprint density at radius 1 is 1.31 bits per heavy atom. The Hall–Kier alpha value is -1.29. The standard InChI is InChI=1S/C12H20N4/c1-9-5-3-6-10(2)16(9)15-12-8-4-7-11(13)14-12/h4,7-10H,3,5-6H2,1-2H3,(H3,13,14,15). The van der Waals surface area contributed by atoms with Crippen LogP contribution in [0.25, 0.3) is 0 Å². The van der Waals surface area contributed by atoms with Crippen molar-refractivity contribution < 1.29 is 0 Å². The first-order chi connectivity index (χ1) is 7.66. The number of nitrogens with two attached hydrogens (primary N) is 1. The van der Waals surface area contributed by atoms with Gasteiger partial charge >= 0.3 is 0 Å². The number of piperidine rings is 1. The minimum absolute atomic E-state index is 0.548. The fraction of sp³-hybridized carbons (Fsp3) is 0.583. The van der Waals surface area contributed by atoms with Gasteiger partial charge in [0.25, 0.3) is 0 Å². The highest BCUT2D eigenvalue weighted by atomic mass is 15.5. The highest BCUT2D eigenvalue weighted by molar-refractivity contribution is 5.41. The van der Waals surface area contributed by atoms with Crippen LogP contribution in [0, 0.1) is 0 Å². The Bertz CT molecular complexity index is 343. The lowest BCUT2D eigenvalue weighted by molar-refractivity contribution is 0.135. The molecule has 4 nitrogen and oxygen atoms in total. The minimum atomic E-state index is 0.548. The van der Waals surface area contributed by atoms with Gasteiger partial charge in [-0.2, -0.15) is 0 Å². The monoisotopic (exact) mass is 220 g/mol. The van der Waals surface area contributed by atoms with E-state index in [4.69, 9.17) is 5.73 Å². The summed E-state index contributed by atoms with van der Waals surface area (Å²) >= 11 is 0. The third-order valence-electron chi connectivity index (χ3n) is 3.21. The topological polar surface area (TPSA) is 54.2 Å². The molecule has 1 aromatic rings. The summed E-state index contributed by atoms with van der Waals surface area (Å²) in [5.41, 5.74) is 9.03. The molecule has 1 fully saturated rings. The maximum atomic E-state index is 5.66. The number of nitrogen functional groups attached to an aromatic ring is 1. The van der Waals surface area contributed by atoms with Crippen LogP contribution in [0.5, 0.6) is 0 Å². The van der Waals surface area contributed by atoms with E-state index in [9.17, 15) is 0 Å². The van der Waals surface area contributed by atoms with E-state index >= 15 is 0 Å². The Labute approximate surface area is 96.8 Å². The number of pyridine rings is 1. The average molecular weight is 220 g/mol. The molecular weight excluding hydrogens is 200 g/mol. The summed E-state index contributed by atoms with van der Waals surface area (Å²) in [5.74, 6) is 1.39. The van der Waals surface area contributed by atoms with Gasteiger partial charge in [-0.05, 0) is 38.8 Å². The number of aromatic nitrogens is 1. The Morgan fingerprint density at radius 3 is 2.62 bits per heavy atom. The highest BCUT2D eigenvalue weighted by Gasteiger charge is 2.24. The molecule has 0 aliphatic carbocycles. The predicted octanol–water partition coefficient (Wildman–Crippen LogP) is 2.25. The molecule has 0 spiro atoms. The van der Waals surface area contributed by atoms with Crippen LogP contribution in [0.2, 0.25) is 0 Å². The van der Waals surface area contributed by atoms with Crippen LogP contribution in [0.3, 0.4) is 0 Å². The average Bonchev–Trinajstić information content (AvgIpc) is 2.24. The zero-order valence-electron chi connectivity index (χ0n) is 9.98. The molecule has 0 bridgehead atoms. The summed E-state index contributed by atoms with van der Waals surface area (Å²) in [6.07, 6.45) is 3.78. The summed E-state index contributed by atoms with van der Waals surface area (Å²) in [4.78, 5) is 4.26. The first kappa shape index (κ1) is 11.2. The van der Waals surface area contributed by atoms with Crippen molar-refractivity contribution in [2.45, 2.75) is 45.2 Å². The van der Waals surface area contributed by atoms with Crippen LogP contribution < -0.4 is 11.2 Å². The summed E-state index contributed by atoms with van der Waals surface area (Å²) < 4.78 is 0. The van der Waals surface area contributed by atoms with E-state index in [0.29, 0.717) is 17.9 Å². The molecule has 1 saturated heterocycles. The molecule has 0 aromatic carbocycles. The van der Waals surface area contributed by atoms with Crippen LogP contribution in [0.1, 0.15) is 33.1 Å². The van der Waals surface area contributed by atoms with Crippen molar-refractivity contribution in [3.8, 4) is 0 Å². The third kappa shape index (κ3) is 2.44. The van der Waals surface area contributed by atoms with Gasteiger partial charge in [0.2, 0.25) is 0 Å². The lowest BCUT2D eigenvalue weighted by Crippen LogP contribution is -2.47. The van der Waals surface area contributed by atoms with E-state index in [-0.39, 0.29) is 0 Å². The fourth-order valence-corrected chi connectivity index (χ4v) is 2.29. The van der Waals surface area contributed by atoms with Gasteiger partial charge in [0.15, 0.2) is 0 Å². The molecule has 0 amide bonds. The number of hydrogen-bond acceptors (Lipinski definition) is 4. The summed E-state index contributed by atoms with van der Waals surface area (Å²) in [6, 6.07) is 6.77. The van der Waals surface area contributed by atoms with Crippen molar-refractivity contribution in [1.82, 2.24) is 9.99 Å². The molecule has 16 heavy (non-hydrogen) atoms. The summed E-state index contributed by atoms with van der Waals surface area (Å²) in [5, 5.41) is 2.28. The van der Waals surface area contributed by atoms with Crippen LogP contribution in [-0.4, -0.2) is 22.1 Å². The van der Waals surface area contributed by atoms with E-state index in [2.05, 4.69) is 29.3 Å². The molecule has 0 saturated carbocycles. The van der Waals surface area contributed by atoms with Crippen molar-refractivity contribution in [3.05, 3.63) is 18.2 Å². The van der Waals surface area contributed by atoms with Crippen molar-refractivity contribution >= 4 is 11.6 Å². The normalized spacial score (nSPS) is 26.6. The fourth-order valence-electron chi connectivity index (χ4n) is 2.29. The van der Waals surface area contributed by atoms with Crippen molar-refractivity contribution in [3.63, 3.8) is 0 Å². The molecule has 1 aliphatic heterocycles. The first-order valence-corrected chi connectivity index (χ1v) is 5.94.